The number of nitrogens with zero attached hydrogens (tertiary/aromatic N) is 2. The Bertz CT molecular complexity index is 750. The van der Waals surface area contributed by atoms with Gasteiger partial charge >= 0.3 is 12.1 Å². The van der Waals surface area contributed by atoms with Crippen LogP contribution in [0.3, 0.4) is 0 Å². The van der Waals surface area contributed by atoms with Crippen LogP contribution in [-0.2, 0) is 14.4 Å². The number of carbonyl (C=O) groups excluding carboxylic acids is 5. The molecule has 0 saturated carbocycles. The summed E-state index contributed by atoms with van der Waals surface area (Å²) in [6, 6.07) is -3.66. The van der Waals surface area contributed by atoms with Crippen LogP contribution in [0.1, 0.15) is 69.2 Å². The van der Waals surface area contributed by atoms with Crippen molar-refractivity contribution in [3.05, 3.63) is 0 Å². The Morgan fingerprint density at radius 3 is 1.13 bits per heavy atom. The van der Waals surface area contributed by atoms with E-state index in [0.29, 0.717) is 0 Å². The lowest BCUT2D eigenvalue weighted by Gasteiger charge is -2.42. The number of amides is 6. The summed E-state index contributed by atoms with van der Waals surface area (Å²) in [6.45, 7) is 16.8. The van der Waals surface area contributed by atoms with Gasteiger partial charge in [0, 0.05) is 0 Å². The van der Waals surface area contributed by atoms with Crippen molar-refractivity contribution in [3.63, 3.8) is 0 Å². The normalized spacial score (nSPS) is 23.4. The van der Waals surface area contributed by atoms with Crippen LogP contribution in [0.5, 0.6) is 0 Å². The minimum Gasteiger partial charge on any atom is -0.324 e. The number of hydrogen-bond acceptors (Lipinski definition) is 5. The Morgan fingerprint density at radius 2 is 0.967 bits per heavy atom. The fourth-order valence-corrected chi connectivity index (χ4v) is 4.05. The number of urea groups is 2. The van der Waals surface area contributed by atoms with E-state index in [1.54, 1.807) is 69.2 Å². The van der Waals surface area contributed by atoms with Crippen molar-refractivity contribution in [3.8, 4) is 0 Å². The average molecular weight is 423 g/mol. The fourth-order valence-electron chi connectivity index (χ4n) is 4.05. The van der Waals surface area contributed by atoms with Crippen molar-refractivity contribution in [2.24, 2.45) is 10.8 Å². The molecule has 0 aliphatic carbocycles. The molecule has 168 valence electrons. The monoisotopic (exact) mass is 422 g/mol. The first-order valence-electron chi connectivity index (χ1n) is 10.1. The summed E-state index contributed by atoms with van der Waals surface area (Å²) >= 11 is 0. The molecule has 30 heavy (non-hydrogen) atoms. The molecule has 2 fully saturated rings. The zero-order valence-corrected chi connectivity index (χ0v) is 19.6. The summed E-state index contributed by atoms with van der Waals surface area (Å²) in [5, 5.41) is 5.21. The van der Waals surface area contributed by atoms with Crippen LogP contribution in [0, 0.1) is 10.8 Å². The van der Waals surface area contributed by atoms with Crippen molar-refractivity contribution < 1.29 is 24.0 Å². The van der Waals surface area contributed by atoms with Crippen LogP contribution in [0.4, 0.5) is 9.59 Å². The largest absolute Gasteiger partial charge is 0.325 e. The number of carbonyl (C=O) groups is 5. The van der Waals surface area contributed by atoms with Gasteiger partial charge < -0.3 is 10.6 Å². The first-order chi connectivity index (χ1) is 13.2. The number of hydrogen-bond donors (Lipinski definition) is 2. The molecular formula is C21H34N4O5. The van der Waals surface area contributed by atoms with Crippen LogP contribution in [-0.4, -0.2) is 62.6 Å². The van der Waals surface area contributed by atoms with Gasteiger partial charge in [0.1, 0.15) is 23.2 Å². The third-order valence-corrected chi connectivity index (χ3v) is 5.48. The highest BCUT2D eigenvalue weighted by Crippen LogP contribution is 2.37. The number of imide groups is 2. The maximum Gasteiger partial charge on any atom is 0.325 e. The maximum atomic E-state index is 14.0. The highest BCUT2D eigenvalue weighted by atomic mass is 16.2. The standard InChI is InChI=1S/C21H34N4O5/c1-18(2,3)12(24-14(27)20(7,8)22-16(24)29)11(26)13(19(4,5)6)25-15(28)21(9,10)23-17(25)30/h12-13H,1-10H3,(H,22,29)(H,23,30). The van der Waals surface area contributed by atoms with E-state index in [-0.39, 0.29) is 0 Å². The molecule has 6 amide bonds. The molecule has 2 N–H and O–H groups in total. The van der Waals surface area contributed by atoms with Crippen LogP contribution in [0.15, 0.2) is 0 Å². The van der Waals surface area contributed by atoms with Gasteiger partial charge in [-0.1, -0.05) is 41.5 Å². The molecule has 2 atom stereocenters. The first-order valence-corrected chi connectivity index (χ1v) is 10.1. The highest BCUT2D eigenvalue weighted by Gasteiger charge is 2.58. The Labute approximate surface area is 177 Å². The van der Waals surface area contributed by atoms with Gasteiger partial charge in [-0.3, -0.25) is 24.2 Å². The Balaban J connectivity index is 2.62. The van der Waals surface area contributed by atoms with Gasteiger partial charge in [0.25, 0.3) is 11.8 Å². The maximum absolute atomic E-state index is 14.0. The summed E-state index contributed by atoms with van der Waals surface area (Å²) in [7, 11) is 0. The fraction of sp³-hybridized carbons (Fsp3) is 0.762. The van der Waals surface area contributed by atoms with E-state index in [9.17, 15) is 24.0 Å². The molecule has 9 heteroatoms. The predicted octanol–water partition coefficient (Wildman–Crippen LogP) is 2.05. The third kappa shape index (κ3) is 3.81. The first kappa shape index (κ1) is 23.8. The molecule has 0 radical (unpaired) electrons. The predicted molar refractivity (Wildman–Crippen MR) is 110 cm³/mol. The van der Waals surface area contributed by atoms with Gasteiger partial charge in [-0.25, -0.2) is 9.59 Å². The van der Waals surface area contributed by atoms with E-state index in [2.05, 4.69) is 10.6 Å². The Kier molecular flexibility index (Phi) is 5.39. The van der Waals surface area contributed by atoms with Crippen molar-refractivity contribution in [1.82, 2.24) is 20.4 Å². The summed E-state index contributed by atoms with van der Waals surface area (Å²) in [5.41, 5.74) is -3.96. The van der Waals surface area contributed by atoms with Gasteiger partial charge in [0.15, 0.2) is 5.78 Å². The highest BCUT2D eigenvalue weighted by molar-refractivity contribution is 6.13. The quantitative estimate of drug-likeness (QED) is 0.673. The number of nitrogens with one attached hydrogen (secondary N) is 2. The molecule has 0 spiro atoms. The van der Waals surface area contributed by atoms with E-state index in [4.69, 9.17) is 0 Å². The van der Waals surface area contributed by atoms with Gasteiger partial charge in [-0.2, -0.15) is 0 Å². The topological polar surface area (TPSA) is 116 Å². The minimum absolute atomic E-state index is 0.522. The van der Waals surface area contributed by atoms with Crippen molar-refractivity contribution in [1.29, 1.82) is 0 Å². The van der Waals surface area contributed by atoms with Gasteiger partial charge in [-0.05, 0) is 38.5 Å². The molecule has 2 aliphatic heterocycles. The molecule has 0 aromatic rings. The zero-order chi connectivity index (χ0) is 23.6. The Morgan fingerprint density at radius 1 is 0.700 bits per heavy atom. The van der Waals surface area contributed by atoms with Gasteiger partial charge in [0.2, 0.25) is 0 Å². The number of Topliss-reactive ketones (excluding diaryl/α,β-unsaturated/α-hetero) is 1. The second-order valence-electron chi connectivity index (χ2n) is 11.4. The smallest absolute Gasteiger partial charge is 0.324 e. The third-order valence-electron chi connectivity index (χ3n) is 5.48. The van der Waals surface area contributed by atoms with E-state index >= 15 is 0 Å². The Hall–Kier alpha value is -2.45. The lowest BCUT2D eigenvalue weighted by molar-refractivity contribution is -0.147. The summed E-state index contributed by atoms with van der Waals surface area (Å²) in [4.78, 5) is 67.2. The lowest BCUT2D eigenvalue weighted by atomic mass is 9.74. The average Bonchev–Trinajstić information content (AvgIpc) is 2.82. The molecule has 2 unspecified atom stereocenters. The van der Waals surface area contributed by atoms with Crippen molar-refractivity contribution in [2.45, 2.75) is 92.4 Å². The minimum atomic E-state index is -1.17. The van der Waals surface area contributed by atoms with E-state index < -0.39 is 63.7 Å². The zero-order valence-electron chi connectivity index (χ0n) is 19.6. The second kappa shape index (κ2) is 6.78. The van der Waals surface area contributed by atoms with Crippen LogP contribution >= 0.6 is 0 Å². The molecule has 2 rings (SSSR count). The van der Waals surface area contributed by atoms with Crippen LogP contribution in [0.2, 0.25) is 0 Å². The molecule has 0 aromatic carbocycles. The van der Waals surface area contributed by atoms with Crippen LogP contribution < -0.4 is 10.6 Å². The lowest BCUT2D eigenvalue weighted by Crippen LogP contribution is -2.62. The molecule has 9 nitrogen and oxygen atoms in total. The molecular weight excluding hydrogens is 388 g/mol. The molecule has 0 aromatic heterocycles. The summed E-state index contributed by atoms with van der Waals surface area (Å²) in [6.07, 6.45) is 0. The van der Waals surface area contributed by atoms with E-state index in [1.807, 2.05) is 0 Å². The van der Waals surface area contributed by atoms with Crippen LogP contribution in [0.25, 0.3) is 0 Å². The van der Waals surface area contributed by atoms with Gasteiger partial charge in [-0.15, -0.1) is 0 Å². The summed E-state index contributed by atoms with van der Waals surface area (Å²) in [5.74, 6) is -1.57. The molecule has 2 aliphatic rings. The SMILES string of the molecule is CC1(C)NC(=O)N(C(C(=O)C(N2C(=O)NC(C)(C)C2=O)C(C)(C)C)C(C)(C)C)C1=O. The molecule has 2 saturated heterocycles. The van der Waals surface area contributed by atoms with E-state index in [0.717, 1.165) is 9.80 Å². The van der Waals surface area contributed by atoms with Gasteiger partial charge in [0.05, 0.1) is 0 Å². The number of rotatable bonds is 4. The molecule has 2 heterocycles. The van der Waals surface area contributed by atoms with Crippen molar-refractivity contribution >= 4 is 29.7 Å². The molecule has 0 bridgehead atoms. The number of ketones is 1. The van der Waals surface area contributed by atoms with E-state index in [1.165, 1.54) is 0 Å². The summed E-state index contributed by atoms with van der Waals surface area (Å²) < 4.78 is 0. The second-order valence-corrected chi connectivity index (χ2v) is 11.4. The van der Waals surface area contributed by atoms with Crippen molar-refractivity contribution in [2.75, 3.05) is 0 Å².